The van der Waals surface area contributed by atoms with Crippen LogP contribution in [0.15, 0.2) is 30.5 Å². The summed E-state index contributed by atoms with van der Waals surface area (Å²) in [6.45, 7) is 2.04. The van der Waals surface area contributed by atoms with Crippen LogP contribution in [0.25, 0.3) is 10.9 Å². The quantitative estimate of drug-likeness (QED) is 0.805. The predicted octanol–water partition coefficient (Wildman–Crippen LogP) is 3.07. The summed E-state index contributed by atoms with van der Waals surface area (Å²) in [5.74, 6) is 0.322. The number of benzene rings is 1. The summed E-state index contributed by atoms with van der Waals surface area (Å²) >= 11 is 0. The van der Waals surface area contributed by atoms with Gasteiger partial charge in [0.05, 0.1) is 6.61 Å². The summed E-state index contributed by atoms with van der Waals surface area (Å²) < 4.78 is 21.4. The number of hydrogen-bond donors (Lipinski definition) is 2. The summed E-state index contributed by atoms with van der Waals surface area (Å²) in [4.78, 5) is 12.4. The minimum absolute atomic E-state index is 0.191. The van der Waals surface area contributed by atoms with Crippen LogP contribution in [0.3, 0.4) is 0 Å². The van der Waals surface area contributed by atoms with E-state index in [1.54, 1.807) is 12.3 Å². The molecule has 0 saturated carbocycles. The van der Waals surface area contributed by atoms with Gasteiger partial charge in [-0.2, -0.15) is 0 Å². The SMILES string of the molecule is CCCOP(=O)(O)Oc1c[nH]c2ccccc12. The molecule has 0 saturated heterocycles. The molecule has 1 aromatic heterocycles. The maximum Gasteiger partial charge on any atom is 0.527 e. The van der Waals surface area contributed by atoms with Gasteiger partial charge < -0.3 is 9.51 Å². The van der Waals surface area contributed by atoms with Gasteiger partial charge in [-0.3, -0.25) is 9.42 Å². The molecule has 0 aliphatic heterocycles. The minimum Gasteiger partial charge on any atom is -0.402 e. The highest BCUT2D eigenvalue weighted by Crippen LogP contribution is 2.45. The normalized spacial score (nSPS) is 14.7. The van der Waals surface area contributed by atoms with Gasteiger partial charge in [0.15, 0.2) is 5.75 Å². The Hall–Kier alpha value is -1.29. The highest BCUT2D eigenvalue weighted by atomic mass is 31.2. The fourth-order valence-electron chi connectivity index (χ4n) is 1.48. The van der Waals surface area contributed by atoms with Gasteiger partial charge in [-0.25, -0.2) is 4.57 Å². The van der Waals surface area contributed by atoms with Crippen molar-refractivity contribution in [1.29, 1.82) is 0 Å². The fourth-order valence-corrected chi connectivity index (χ4v) is 2.34. The monoisotopic (exact) mass is 255 g/mol. The lowest BCUT2D eigenvalue weighted by Gasteiger charge is -2.11. The molecule has 1 aromatic carbocycles. The van der Waals surface area contributed by atoms with Crippen molar-refractivity contribution in [3.63, 3.8) is 0 Å². The van der Waals surface area contributed by atoms with Gasteiger partial charge in [0, 0.05) is 17.1 Å². The van der Waals surface area contributed by atoms with E-state index in [-0.39, 0.29) is 6.61 Å². The number of rotatable bonds is 5. The molecule has 0 amide bonds. The first-order valence-electron chi connectivity index (χ1n) is 5.35. The molecule has 0 bridgehead atoms. The molecule has 2 N–H and O–H groups in total. The molecule has 0 radical (unpaired) electrons. The van der Waals surface area contributed by atoms with Crippen molar-refractivity contribution in [1.82, 2.24) is 4.98 Å². The molecule has 1 heterocycles. The van der Waals surface area contributed by atoms with Crippen molar-refractivity contribution >= 4 is 18.7 Å². The molecule has 2 aromatic rings. The molecule has 1 unspecified atom stereocenters. The average molecular weight is 255 g/mol. The van der Waals surface area contributed by atoms with Gasteiger partial charge in [0.25, 0.3) is 0 Å². The van der Waals surface area contributed by atoms with E-state index in [9.17, 15) is 9.46 Å². The van der Waals surface area contributed by atoms with E-state index in [1.165, 1.54) is 0 Å². The molecule has 0 fully saturated rings. The summed E-state index contributed by atoms with van der Waals surface area (Å²) in [7, 11) is -4.02. The predicted molar refractivity (Wildman–Crippen MR) is 65.0 cm³/mol. The Morgan fingerprint density at radius 3 is 2.94 bits per heavy atom. The zero-order chi connectivity index (χ0) is 12.3. The molecular weight excluding hydrogens is 241 g/mol. The third kappa shape index (κ3) is 2.88. The lowest BCUT2D eigenvalue weighted by atomic mass is 10.2. The number of phosphoric acid groups is 1. The molecule has 2 rings (SSSR count). The molecule has 0 aliphatic rings. The van der Waals surface area contributed by atoms with Gasteiger partial charge >= 0.3 is 7.82 Å². The Bertz CT molecular complexity index is 551. The Morgan fingerprint density at radius 1 is 1.41 bits per heavy atom. The third-order valence-electron chi connectivity index (χ3n) is 2.22. The van der Waals surface area contributed by atoms with Crippen molar-refractivity contribution < 1.29 is 18.5 Å². The lowest BCUT2D eigenvalue weighted by Crippen LogP contribution is -1.97. The van der Waals surface area contributed by atoms with Crippen LogP contribution < -0.4 is 4.52 Å². The van der Waals surface area contributed by atoms with E-state index >= 15 is 0 Å². The van der Waals surface area contributed by atoms with Crippen molar-refractivity contribution in [3.8, 4) is 5.75 Å². The molecule has 5 nitrogen and oxygen atoms in total. The molecule has 6 heteroatoms. The van der Waals surface area contributed by atoms with E-state index in [0.29, 0.717) is 12.2 Å². The van der Waals surface area contributed by atoms with Crippen LogP contribution in [0.1, 0.15) is 13.3 Å². The maximum atomic E-state index is 11.6. The van der Waals surface area contributed by atoms with E-state index in [2.05, 4.69) is 4.98 Å². The number of phosphoric ester groups is 1. The molecule has 1 atom stereocenters. The number of nitrogens with one attached hydrogen (secondary N) is 1. The molecular formula is C11H14NO4P. The standard InChI is InChI=1S/C11H14NO4P/c1-2-7-15-17(13,14)16-11-8-12-10-6-4-3-5-9(10)11/h3-6,8,12H,2,7H2,1H3,(H,13,14). The second-order valence-corrected chi connectivity index (χ2v) is 4.97. The topological polar surface area (TPSA) is 71.6 Å². The number of H-pyrrole nitrogens is 1. The van der Waals surface area contributed by atoms with Crippen LogP contribution in [0.4, 0.5) is 0 Å². The first kappa shape index (κ1) is 12.2. The van der Waals surface area contributed by atoms with Gasteiger partial charge in [-0.05, 0) is 18.6 Å². The highest BCUT2D eigenvalue weighted by Gasteiger charge is 2.23. The van der Waals surface area contributed by atoms with Crippen molar-refractivity contribution in [2.75, 3.05) is 6.61 Å². The van der Waals surface area contributed by atoms with Gasteiger partial charge in [0.1, 0.15) is 0 Å². The Balaban J connectivity index is 2.21. The Kier molecular flexibility index (Phi) is 3.52. The van der Waals surface area contributed by atoms with Crippen molar-refractivity contribution in [3.05, 3.63) is 30.5 Å². The van der Waals surface area contributed by atoms with Gasteiger partial charge in [0.2, 0.25) is 0 Å². The first-order chi connectivity index (χ1) is 8.12. The summed E-state index contributed by atoms with van der Waals surface area (Å²) in [5.41, 5.74) is 0.845. The molecule has 17 heavy (non-hydrogen) atoms. The van der Waals surface area contributed by atoms with Crippen LogP contribution >= 0.6 is 7.82 Å². The first-order valence-corrected chi connectivity index (χ1v) is 6.85. The van der Waals surface area contributed by atoms with E-state index in [1.807, 2.05) is 25.1 Å². The zero-order valence-electron chi connectivity index (χ0n) is 9.42. The summed E-state index contributed by atoms with van der Waals surface area (Å²) in [6, 6.07) is 7.37. The maximum absolute atomic E-state index is 11.6. The van der Waals surface area contributed by atoms with Gasteiger partial charge in [-0.1, -0.05) is 19.1 Å². The molecule has 92 valence electrons. The second kappa shape index (κ2) is 4.92. The lowest BCUT2D eigenvalue weighted by molar-refractivity contribution is 0.204. The third-order valence-corrected chi connectivity index (χ3v) is 3.16. The van der Waals surface area contributed by atoms with Crippen LogP contribution in [0, 0.1) is 0 Å². The molecule has 0 spiro atoms. The number of aromatic nitrogens is 1. The van der Waals surface area contributed by atoms with Crippen LogP contribution in [-0.2, 0) is 9.09 Å². The summed E-state index contributed by atoms with van der Waals surface area (Å²) in [6.07, 6.45) is 2.20. The van der Waals surface area contributed by atoms with Gasteiger partial charge in [-0.15, -0.1) is 0 Å². The van der Waals surface area contributed by atoms with Crippen molar-refractivity contribution in [2.45, 2.75) is 13.3 Å². The van der Waals surface area contributed by atoms with Crippen LogP contribution in [0.2, 0.25) is 0 Å². The summed E-state index contributed by atoms with van der Waals surface area (Å²) in [5, 5.41) is 0.752. The highest BCUT2D eigenvalue weighted by molar-refractivity contribution is 7.47. The molecule has 0 aliphatic carbocycles. The largest absolute Gasteiger partial charge is 0.527 e. The number of hydrogen-bond acceptors (Lipinski definition) is 3. The minimum atomic E-state index is -4.02. The zero-order valence-corrected chi connectivity index (χ0v) is 10.3. The number of fused-ring (bicyclic) bond motifs is 1. The number of aromatic amines is 1. The fraction of sp³-hybridized carbons (Fsp3) is 0.273. The number of para-hydroxylation sites is 1. The smallest absolute Gasteiger partial charge is 0.402 e. The van der Waals surface area contributed by atoms with E-state index in [0.717, 1.165) is 10.9 Å². The average Bonchev–Trinajstić information content (AvgIpc) is 2.70. The van der Waals surface area contributed by atoms with E-state index in [4.69, 9.17) is 9.05 Å². The Morgan fingerprint density at radius 2 is 2.18 bits per heavy atom. The Labute approximate surface area is 99.0 Å². The second-order valence-electron chi connectivity index (χ2n) is 3.59. The van der Waals surface area contributed by atoms with Crippen LogP contribution in [-0.4, -0.2) is 16.5 Å². The van der Waals surface area contributed by atoms with Crippen molar-refractivity contribution in [2.24, 2.45) is 0 Å². The van der Waals surface area contributed by atoms with E-state index < -0.39 is 7.82 Å². The van der Waals surface area contributed by atoms with Crippen LogP contribution in [0.5, 0.6) is 5.75 Å².